The minimum Gasteiger partial charge on any atom is -0.466 e. The molecule has 0 aromatic carbocycles. The predicted molar refractivity (Wildman–Crippen MR) is 37.7 cm³/mol. The van der Waals surface area contributed by atoms with Crippen LogP contribution in [0.5, 0.6) is 0 Å². The van der Waals surface area contributed by atoms with Gasteiger partial charge in [0, 0.05) is 6.04 Å². The molecule has 0 N–H and O–H groups in total. The SMILES string of the molecule is CN1CCCC1COC=O. The van der Waals surface area contributed by atoms with Gasteiger partial charge in [0.1, 0.15) is 6.61 Å². The zero-order chi connectivity index (χ0) is 7.40. The molecule has 1 unspecified atom stereocenters. The van der Waals surface area contributed by atoms with Crippen molar-refractivity contribution in [2.24, 2.45) is 0 Å². The summed E-state index contributed by atoms with van der Waals surface area (Å²) in [7, 11) is 2.06. The number of ether oxygens (including phenoxy) is 1. The normalized spacial score (nSPS) is 26.7. The van der Waals surface area contributed by atoms with E-state index in [2.05, 4.69) is 16.7 Å². The van der Waals surface area contributed by atoms with Gasteiger partial charge in [-0.1, -0.05) is 0 Å². The molecule has 1 atom stereocenters. The van der Waals surface area contributed by atoms with Gasteiger partial charge in [0.2, 0.25) is 0 Å². The van der Waals surface area contributed by atoms with E-state index in [0.29, 0.717) is 19.1 Å². The van der Waals surface area contributed by atoms with E-state index in [1.54, 1.807) is 0 Å². The Hall–Kier alpha value is -0.570. The van der Waals surface area contributed by atoms with Crippen molar-refractivity contribution >= 4 is 6.47 Å². The summed E-state index contributed by atoms with van der Waals surface area (Å²) < 4.78 is 4.67. The quantitative estimate of drug-likeness (QED) is 0.530. The highest BCUT2D eigenvalue weighted by atomic mass is 16.5. The maximum absolute atomic E-state index is 9.83. The van der Waals surface area contributed by atoms with Gasteiger partial charge in [-0.05, 0) is 26.4 Å². The second kappa shape index (κ2) is 3.56. The molecule has 0 aromatic heterocycles. The summed E-state index contributed by atoms with van der Waals surface area (Å²) in [6.45, 7) is 2.21. The molecule has 0 saturated carbocycles. The molecule has 1 rings (SSSR count). The summed E-state index contributed by atoms with van der Waals surface area (Å²) in [5, 5.41) is 0. The Morgan fingerprint density at radius 3 is 3.10 bits per heavy atom. The largest absolute Gasteiger partial charge is 0.466 e. The fraction of sp³-hybridized carbons (Fsp3) is 0.857. The summed E-state index contributed by atoms with van der Waals surface area (Å²) >= 11 is 0. The van der Waals surface area contributed by atoms with E-state index in [4.69, 9.17) is 0 Å². The van der Waals surface area contributed by atoms with Gasteiger partial charge < -0.3 is 9.64 Å². The van der Waals surface area contributed by atoms with Crippen molar-refractivity contribution in [3.05, 3.63) is 0 Å². The summed E-state index contributed by atoms with van der Waals surface area (Å²) in [4.78, 5) is 12.1. The second-order valence-corrected chi connectivity index (χ2v) is 2.71. The van der Waals surface area contributed by atoms with Crippen LogP contribution in [0.15, 0.2) is 0 Å². The first-order valence-corrected chi connectivity index (χ1v) is 3.60. The minimum absolute atomic E-state index is 0.463. The Balaban J connectivity index is 2.19. The van der Waals surface area contributed by atoms with Crippen molar-refractivity contribution in [1.29, 1.82) is 0 Å². The van der Waals surface area contributed by atoms with Crippen LogP contribution in [0.4, 0.5) is 0 Å². The maximum Gasteiger partial charge on any atom is 0.293 e. The number of carbonyl (C=O) groups excluding carboxylic acids is 1. The first-order valence-electron chi connectivity index (χ1n) is 3.60. The first-order chi connectivity index (χ1) is 4.84. The van der Waals surface area contributed by atoms with Crippen molar-refractivity contribution in [2.75, 3.05) is 20.2 Å². The van der Waals surface area contributed by atoms with Crippen LogP contribution in [0.25, 0.3) is 0 Å². The third-order valence-electron chi connectivity index (χ3n) is 2.03. The molecule has 0 amide bonds. The summed E-state index contributed by atoms with van der Waals surface area (Å²) in [5.41, 5.74) is 0. The Bertz CT molecular complexity index is 116. The molecule has 0 aliphatic carbocycles. The van der Waals surface area contributed by atoms with Crippen molar-refractivity contribution in [1.82, 2.24) is 4.90 Å². The van der Waals surface area contributed by atoms with E-state index in [1.165, 1.54) is 6.42 Å². The van der Waals surface area contributed by atoms with Crippen molar-refractivity contribution in [3.63, 3.8) is 0 Å². The molecule has 1 saturated heterocycles. The molecule has 1 aliphatic heterocycles. The van der Waals surface area contributed by atoms with Gasteiger partial charge in [-0.2, -0.15) is 0 Å². The first kappa shape index (κ1) is 7.54. The minimum atomic E-state index is 0.463. The average Bonchev–Trinajstić information content (AvgIpc) is 2.31. The highest BCUT2D eigenvalue weighted by molar-refractivity contribution is 5.36. The molecular weight excluding hydrogens is 130 g/mol. The van der Waals surface area contributed by atoms with Gasteiger partial charge in [-0.15, -0.1) is 0 Å². The molecule has 0 radical (unpaired) electrons. The zero-order valence-corrected chi connectivity index (χ0v) is 6.25. The van der Waals surface area contributed by atoms with E-state index in [9.17, 15) is 4.79 Å². The molecule has 1 heterocycles. The number of hydrogen-bond acceptors (Lipinski definition) is 3. The number of likely N-dealkylation sites (N-methyl/N-ethyl adjacent to an activating group) is 1. The summed E-state index contributed by atoms with van der Waals surface area (Å²) in [6, 6.07) is 0.463. The number of carbonyl (C=O) groups is 1. The topological polar surface area (TPSA) is 29.5 Å². The van der Waals surface area contributed by atoms with E-state index < -0.39 is 0 Å². The smallest absolute Gasteiger partial charge is 0.293 e. The van der Waals surface area contributed by atoms with Gasteiger partial charge in [0.05, 0.1) is 0 Å². The van der Waals surface area contributed by atoms with Crippen molar-refractivity contribution in [2.45, 2.75) is 18.9 Å². The Morgan fingerprint density at radius 2 is 2.60 bits per heavy atom. The van der Waals surface area contributed by atoms with Gasteiger partial charge in [0.25, 0.3) is 6.47 Å². The van der Waals surface area contributed by atoms with Crippen LogP contribution < -0.4 is 0 Å². The summed E-state index contributed by atoms with van der Waals surface area (Å²) in [5.74, 6) is 0. The van der Waals surface area contributed by atoms with Crippen LogP contribution in [0.2, 0.25) is 0 Å². The lowest BCUT2D eigenvalue weighted by Crippen LogP contribution is -2.29. The van der Waals surface area contributed by atoms with Crippen molar-refractivity contribution < 1.29 is 9.53 Å². The van der Waals surface area contributed by atoms with Crippen LogP contribution in [0, 0.1) is 0 Å². The molecule has 1 aliphatic rings. The van der Waals surface area contributed by atoms with Crippen LogP contribution in [0.3, 0.4) is 0 Å². The van der Waals surface area contributed by atoms with E-state index >= 15 is 0 Å². The molecule has 0 spiro atoms. The highest BCUT2D eigenvalue weighted by Gasteiger charge is 2.20. The van der Waals surface area contributed by atoms with Gasteiger partial charge in [0.15, 0.2) is 0 Å². The number of rotatable bonds is 3. The van der Waals surface area contributed by atoms with E-state index in [1.807, 2.05) is 0 Å². The van der Waals surface area contributed by atoms with Gasteiger partial charge in [-0.25, -0.2) is 0 Å². The third kappa shape index (κ3) is 1.70. The molecule has 10 heavy (non-hydrogen) atoms. The van der Waals surface area contributed by atoms with Crippen molar-refractivity contribution in [3.8, 4) is 0 Å². The lowest BCUT2D eigenvalue weighted by atomic mass is 10.2. The number of nitrogens with zero attached hydrogens (tertiary/aromatic N) is 1. The Labute approximate surface area is 61.0 Å². The Kier molecular flexibility index (Phi) is 2.68. The fourth-order valence-electron chi connectivity index (χ4n) is 1.34. The number of likely N-dealkylation sites (tertiary alicyclic amines) is 1. The molecule has 1 fully saturated rings. The predicted octanol–water partition coefficient (Wildman–Crippen LogP) is 0.254. The highest BCUT2D eigenvalue weighted by Crippen LogP contribution is 2.13. The van der Waals surface area contributed by atoms with Gasteiger partial charge >= 0.3 is 0 Å². The second-order valence-electron chi connectivity index (χ2n) is 2.71. The van der Waals surface area contributed by atoms with Crippen LogP contribution in [-0.2, 0) is 9.53 Å². The maximum atomic E-state index is 9.83. The molecule has 3 heteroatoms. The fourth-order valence-corrected chi connectivity index (χ4v) is 1.34. The molecule has 3 nitrogen and oxygen atoms in total. The molecule has 0 bridgehead atoms. The molecule has 58 valence electrons. The lowest BCUT2D eigenvalue weighted by molar-refractivity contribution is -0.129. The zero-order valence-electron chi connectivity index (χ0n) is 6.25. The number of hydrogen-bond donors (Lipinski definition) is 0. The monoisotopic (exact) mass is 143 g/mol. The lowest BCUT2D eigenvalue weighted by Gasteiger charge is -2.17. The van der Waals surface area contributed by atoms with E-state index in [-0.39, 0.29) is 0 Å². The van der Waals surface area contributed by atoms with Crippen LogP contribution in [-0.4, -0.2) is 37.6 Å². The standard InChI is InChI=1S/C7H13NO2/c1-8-4-2-3-7(8)5-10-6-9/h6-7H,2-5H2,1H3. The molecule has 0 aromatic rings. The molecular formula is C7H13NO2. The van der Waals surface area contributed by atoms with Crippen LogP contribution in [0.1, 0.15) is 12.8 Å². The Morgan fingerprint density at radius 1 is 1.80 bits per heavy atom. The average molecular weight is 143 g/mol. The van der Waals surface area contributed by atoms with Crippen LogP contribution >= 0.6 is 0 Å². The third-order valence-corrected chi connectivity index (χ3v) is 2.03. The summed E-state index contributed by atoms with van der Waals surface area (Å²) in [6.07, 6.45) is 2.38. The van der Waals surface area contributed by atoms with Gasteiger partial charge in [-0.3, -0.25) is 4.79 Å². The van der Waals surface area contributed by atoms with E-state index in [0.717, 1.165) is 13.0 Å².